The van der Waals surface area contributed by atoms with E-state index in [0.717, 1.165) is 31.1 Å². The lowest BCUT2D eigenvalue weighted by Crippen LogP contribution is -2.34. The molecule has 142 valence electrons. The zero-order valence-corrected chi connectivity index (χ0v) is 16.0. The average molecular weight is 379 g/mol. The summed E-state index contributed by atoms with van der Waals surface area (Å²) in [6, 6.07) is 1.24. The van der Waals surface area contributed by atoms with Crippen molar-refractivity contribution < 1.29 is 9.53 Å². The first-order valence-electron chi connectivity index (χ1n) is 9.10. The fraction of sp³-hybridized carbons (Fsp3) is 0.647. The highest BCUT2D eigenvalue weighted by atomic mass is 32.1. The summed E-state index contributed by atoms with van der Waals surface area (Å²) in [5.41, 5.74) is -0.198. The van der Waals surface area contributed by atoms with Crippen LogP contribution in [0.5, 0.6) is 0 Å². The van der Waals surface area contributed by atoms with Gasteiger partial charge in [0, 0.05) is 38.9 Å². The second-order valence-electron chi connectivity index (χ2n) is 6.56. The third-order valence-corrected chi connectivity index (χ3v) is 5.33. The summed E-state index contributed by atoms with van der Waals surface area (Å²) in [6.07, 6.45) is 3.05. The summed E-state index contributed by atoms with van der Waals surface area (Å²) in [7, 11) is 0. The Balaban J connectivity index is 1.79. The van der Waals surface area contributed by atoms with Crippen LogP contribution in [-0.4, -0.2) is 53.4 Å². The van der Waals surface area contributed by atoms with E-state index in [0.29, 0.717) is 30.6 Å². The van der Waals surface area contributed by atoms with Crippen LogP contribution in [0.25, 0.3) is 4.96 Å². The lowest BCUT2D eigenvalue weighted by Gasteiger charge is -2.30. The minimum absolute atomic E-state index is 0.226. The molecular formula is C17H25N5O3S. The van der Waals surface area contributed by atoms with E-state index in [-0.39, 0.29) is 11.6 Å². The molecule has 1 atom stereocenters. The first-order chi connectivity index (χ1) is 12.6. The minimum atomic E-state index is -0.424. The van der Waals surface area contributed by atoms with E-state index in [1.807, 2.05) is 6.92 Å². The van der Waals surface area contributed by atoms with Gasteiger partial charge in [0.2, 0.25) is 10.1 Å². The van der Waals surface area contributed by atoms with Gasteiger partial charge in [-0.05, 0) is 32.1 Å². The van der Waals surface area contributed by atoms with Gasteiger partial charge in [0.05, 0.1) is 0 Å². The third-order valence-electron chi connectivity index (χ3n) is 4.36. The molecule has 3 heterocycles. The molecule has 0 radical (unpaired) electrons. The topological polar surface area (TPSA) is 88.8 Å². The van der Waals surface area contributed by atoms with Crippen molar-refractivity contribution in [2.75, 3.05) is 37.7 Å². The SMILES string of the molecule is CCOCCCNC(=O)c1cc(=O)nc2sc(N3CCCC(C)C3)nn12. The van der Waals surface area contributed by atoms with Crippen molar-refractivity contribution in [2.24, 2.45) is 5.92 Å². The molecule has 1 saturated heterocycles. The second-order valence-corrected chi connectivity index (χ2v) is 7.49. The third kappa shape index (κ3) is 4.39. The van der Waals surface area contributed by atoms with Gasteiger partial charge in [0.1, 0.15) is 5.69 Å². The highest BCUT2D eigenvalue weighted by molar-refractivity contribution is 7.20. The lowest BCUT2D eigenvalue weighted by atomic mass is 10.0. The van der Waals surface area contributed by atoms with Gasteiger partial charge >= 0.3 is 0 Å². The number of hydrogen-bond acceptors (Lipinski definition) is 7. The molecule has 1 aliphatic rings. The van der Waals surface area contributed by atoms with Crippen molar-refractivity contribution in [1.82, 2.24) is 19.9 Å². The smallest absolute Gasteiger partial charge is 0.274 e. The Labute approximate surface area is 156 Å². The molecule has 0 spiro atoms. The first-order valence-corrected chi connectivity index (χ1v) is 9.92. The minimum Gasteiger partial charge on any atom is -0.382 e. The number of nitrogens with zero attached hydrogens (tertiary/aromatic N) is 4. The number of carbonyl (C=O) groups is 1. The number of aromatic nitrogens is 3. The molecule has 1 unspecified atom stereocenters. The van der Waals surface area contributed by atoms with Gasteiger partial charge in [-0.1, -0.05) is 18.3 Å². The van der Waals surface area contributed by atoms with Crippen LogP contribution in [0.1, 0.15) is 43.6 Å². The molecule has 0 saturated carbocycles. The fourth-order valence-electron chi connectivity index (χ4n) is 3.07. The Morgan fingerprint density at radius 2 is 2.35 bits per heavy atom. The standard InChI is InChI=1S/C17H25N5O3S/c1-3-25-9-5-7-18-15(24)13-10-14(23)19-16-22(13)20-17(26-16)21-8-4-6-12(2)11-21/h10,12H,3-9,11H2,1-2H3,(H,18,24). The number of hydrogen-bond donors (Lipinski definition) is 1. The van der Waals surface area contributed by atoms with Crippen LogP contribution in [0.4, 0.5) is 5.13 Å². The number of anilines is 1. The maximum atomic E-state index is 12.5. The van der Waals surface area contributed by atoms with E-state index in [9.17, 15) is 9.59 Å². The molecule has 26 heavy (non-hydrogen) atoms. The van der Waals surface area contributed by atoms with E-state index >= 15 is 0 Å². The van der Waals surface area contributed by atoms with Gasteiger partial charge in [-0.2, -0.15) is 9.50 Å². The summed E-state index contributed by atoms with van der Waals surface area (Å²) in [4.78, 5) is 31.1. The van der Waals surface area contributed by atoms with Crippen molar-refractivity contribution in [3.05, 3.63) is 22.1 Å². The molecule has 0 aliphatic carbocycles. The van der Waals surface area contributed by atoms with E-state index in [2.05, 4.69) is 27.2 Å². The zero-order valence-electron chi connectivity index (χ0n) is 15.2. The predicted octanol–water partition coefficient (Wildman–Crippen LogP) is 1.54. The number of rotatable bonds is 7. The van der Waals surface area contributed by atoms with Crippen LogP contribution in [0.3, 0.4) is 0 Å². The van der Waals surface area contributed by atoms with Crippen LogP contribution in [0.15, 0.2) is 10.9 Å². The van der Waals surface area contributed by atoms with Crippen LogP contribution in [0.2, 0.25) is 0 Å². The first kappa shape index (κ1) is 18.8. The van der Waals surface area contributed by atoms with Gasteiger partial charge in [-0.25, -0.2) is 0 Å². The molecule has 2 aromatic rings. The molecule has 9 heteroatoms. The van der Waals surface area contributed by atoms with Crippen LogP contribution < -0.4 is 15.8 Å². The summed E-state index contributed by atoms with van der Waals surface area (Å²) >= 11 is 1.35. The molecular weight excluding hydrogens is 354 g/mol. The lowest BCUT2D eigenvalue weighted by molar-refractivity contribution is 0.0936. The number of nitrogens with one attached hydrogen (secondary N) is 1. The molecule has 3 rings (SSSR count). The highest BCUT2D eigenvalue weighted by Gasteiger charge is 2.22. The number of ether oxygens (including phenoxy) is 1. The molecule has 0 aromatic carbocycles. The van der Waals surface area contributed by atoms with Crippen LogP contribution in [-0.2, 0) is 4.74 Å². The van der Waals surface area contributed by atoms with E-state index in [4.69, 9.17) is 4.74 Å². The average Bonchev–Trinajstić information content (AvgIpc) is 3.04. The van der Waals surface area contributed by atoms with Gasteiger partial charge in [-0.15, -0.1) is 5.10 Å². The Bertz CT molecular complexity index is 818. The van der Waals surface area contributed by atoms with Crippen LogP contribution in [0, 0.1) is 5.92 Å². The van der Waals surface area contributed by atoms with E-state index in [1.165, 1.54) is 28.3 Å². The fourth-order valence-corrected chi connectivity index (χ4v) is 4.01. The molecule has 2 aromatic heterocycles. The van der Waals surface area contributed by atoms with Crippen LogP contribution >= 0.6 is 11.3 Å². The van der Waals surface area contributed by atoms with Gasteiger partial charge in [-0.3, -0.25) is 9.59 Å². The van der Waals surface area contributed by atoms with Gasteiger partial charge < -0.3 is 15.0 Å². The largest absolute Gasteiger partial charge is 0.382 e. The Morgan fingerprint density at radius 1 is 1.50 bits per heavy atom. The molecule has 1 N–H and O–H groups in total. The Morgan fingerprint density at radius 3 is 3.12 bits per heavy atom. The van der Waals surface area contributed by atoms with E-state index < -0.39 is 5.56 Å². The second kappa shape index (κ2) is 8.59. The normalized spacial score (nSPS) is 17.6. The zero-order chi connectivity index (χ0) is 18.5. The van der Waals surface area contributed by atoms with Gasteiger partial charge in [0.25, 0.3) is 11.5 Å². The Hall–Kier alpha value is -2.00. The summed E-state index contributed by atoms with van der Waals surface area (Å²) in [5, 5.41) is 8.19. The number of piperidine rings is 1. The van der Waals surface area contributed by atoms with Crippen molar-refractivity contribution >= 4 is 27.3 Å². The quantitative estimate of drug-likeness (QED) is 0.734. The molecule has 1 aliphatic heterocycles. The maximum absolute atomic E-state index is 12.5. The number of amides is 1. The summed E-state index contributed by atoms with van der Waals surface area (Å²) in [6.45, 7) is 7.76. The predicted molar refractivity (Wildman–Crippen MR) is 101 cm³/mol. The van der Waals surface area contributed by atoms with Gasteiger partial charge in [0.15, 0.2) is 0 Å². The van der Waals surface area contributed by atoms with Crippen molar-refractivity contribution in [3.63, 3.8) is 0 Å². The van der Waals surface area contributed by atoms with Crippen molar-refractivity contribution in [2.45, 2.75) is 33.1 Å². The summed E-state index contributed by atoms with van der Waals surface area (Å²) in [5.74, 6) is 0.289. The number of fused-ring (bicyclic) bond motifs is 1. The monoisotopic (exact) mass is 379 g/mol. The van der Waals surface area contributed by atoms with Crippen molar-refractivity contribution in [3.8, 4) is 0 Å². The maximum Gasteiger partial charge on any atom is 0.274 e. The Kier molecular flexibility index (Phi) is 6.20. The molecule has 1 fully saturated rings. The highest BCUT2D eigenvalue weighted by Crippen LogP contribution is 2.27. The summed E-state index contributed by atoms with van der Waals surface area (Å²) < 4.78 is 6.74. The number of carbonyl (C=O) groups excluding carboxylic acids is 1. The molecule has 0 bridgehead atoms. The molecule has 1 amide bonds. The van der Waals surface area contributed by atoms with E-state index in [1.54, 1.807) is 0 Å². The molecule has 8 nitrogen and oxygen atoms in total. The van der Waals surface area contributed by atoms with Crippen molar-refractivity contribution in [1.29, 1.82) is 0 Å².